The van der Waals surface area contributed by atoms with E-state index in [0.717, 1.165) is 15.3 Å². The number of anilines is 1. The fourth-order valence-corrected chi connectivity index (χ4v) is 2.78. The number of rotatable bonds is 3. The SMILES string of the molecule is Cc1cc(NS(=O)(=O)c2cn(C)c(=O)n(C)c2=O)n[nH]1. The number of H-pyrrole nitrogens is 1. The molecule has 108 valence electrons. The van der Waals surface area contributed by atoms with Crippen LogP contribution in [0.5, 0.6) is 0 Å². The van der Waals surface area contributed by atoms with E-state index in [1.165, 1.54) is 20.2 Å². The molecule has 0 bridgehead atoms. The van der Waals surface area contributed by atoms with Crippen LogP contribution in [-0.4, -0.2) is 27.7 Å². The molecule has 20 heavy (non-hydrogen) atoms. The van der Waals surface area contributed by atoms with Gasteiger partial charge in [-0.3, -0.25) is 19.2 Å². The van der Waals surface area contributed by atoms with E-state index in [2.05, 4.69) is 14.9 Å². The monoisotopic (exact) mass is 299 g/mol. The molecule has 0 aromatic carbocycles. The average molecular weight is 299 g/mol. The Morgan fingerprint density at radius 3 is 2.50 bits per heavy atom. The number of sulfonamides is 1. The first-order chi connectivity index (χ1) is 9.22. The van der Waals surface area contributed by atoms with E-state index in [0.29, 0.717) is 5.69 Å². The van der Waals surface area contributed by atoms with Crippen molar-refractivity contribution in [3.63, 3.8) is 0 Å². The molecule has 2 aromatic rings. The fourth-order valence-electron chi connectivity index (χ4n) is 1.62. The zero-order valence-corrected chi connectivity index (χ0v) is 11.9. The molecule has 9 nitrogen and oxygen atoms in total. The van der Waals surface area contributed by atoms with Crippen LogP contribution in [0.4, 0.5) is 5.82 Å². The Morgan fingerprint density at radius 2 is 1.95 bits per heavy atom. The Labute approximate surface area is 113 Å². The van der Waals surface area contributed by atoms with Crippen molar-refractivity contribution in [3.8, 4) is 0 Å². The predicted molar refractivity (Wildman–Crippen MR) is 71.1 cm³/mol. The van der Waals surface area contributed by atoms with Gasteiger partial charge in [0.1, 0.15) is 0 Å². The van der Waals surface area contributed by atoms with Crippen LogP contribution < -0.4 is 16.0 Å². The number of aromatic nitrogens is 4. The molecule has 0 aliphatic heterocycles. The van der Waals surface area contributed by atoms with Gasteiger partial charge >= 0.3 is 5.69 Å². The zero-order valence-electron chi connectivity index (χ0n) is 11.0. The van der Waals surface area contributed by atoms with Crippen LogP contribution in [-0.2, 0) is 24.1 Å². The Kier molecular flexibility index (Phi) is 3.26. The van der Waals surface area contributed by atoms with Crippen molar-refractivity contribution >= 4 is 15.8 Å². The maximum Gasteiger partial charge on any atom is 0.330 e. The minimum Gasteiger partial charge on any atom is -0.302 e. The summed E-state index contributed by atoms with van der Waals surface area (Å²) >= 11 is 0. The molecular formula is C10H13N5O4S. The summed E-state index contributed by atoms with van der Waals surface area (Å²) in [5, 5.41) is 6.30. The first-order valence-electron chi connectivity index (χ1n) is 5.54. The first kappa shape index (κ1) is 14.1. The van der Waals surface area contributed by atoms with Crippen LogP contribution in [0.3, 0.4) is 0 Å². The van der Waals surface area contributed by atoms with Gasteiger partial charge in [-0.15, -0.1) is 0 Å². The maximum atomic E-state index is 12.2. The summed E-state index contributed by atoms with van der Waals surface area (Å²) in [6.45, 7) is 1.70. The molecular weight excluding hydrogens is 286 g/mol. The van der Waals surface area contributed by atoms with Gasteiger partial charge in [0, 0.05) is 32.1 Å². The van der Waals surface area contributed by atoms with Crippen molar-refractivity contribution in [1.82, 2.24) is 19.3 Å². The second-order valence-corrected chi connectivity index (χ2v) is 5.94. The fraction of sp³-hybridized carbons (Fsp3) is 0.300. The molecule has 0 aliphatic carbocycles. The highest BCUT2D eigenvalue weighted by Crippen LogP contribution is 2.10. The molecule has 0 spiro atoms. The quantitative estimate of drug-likeness (QED) is 0.747. The van der Waals surface area contributed by atoms with E-state index < -0.39 is 26.2 Å². The Balaban J connectivity index is 2.56. The third kappa shape index (κ3) is 2.37. The Morgan fingerprint density at radius 1 is 1.30 bits per heavy atom. The largest absolute Gasteiger partial charge is 0.330 e. The molecule has 0 atom stereocenters. The van der Waals surface area contributed by atoms with Gasteiger partial charge in [0.15, 0.2) is 10.7 Å². The first-order valence-corrected chi connectivity index (χ1v) is 7.02. The molecule has 2 heterocycles. The Hall–Kier alpha value is -2.36. The minimum atomic E-state index is -4.12. The summed E-state index contributed by atoms with van der Waals surface area (Å²) in [4.78, 5) is 22.9. The normalized spacial score (nSPS) is 11.6. The number of aromatic amines is 1. The number of hydrogen-bond acceptors (Lipinski definition) is 5. The lowest BCUT2D eigenvalue weighted by atomic mass is 10.5. The number of aryl methyl sites for hydroxylation is 2. The molecule has 0 saturated heterocycles. The lowest BCUT2D eigenvalue weighted by Crippen LogP contribution is -2.40. The van der Waals surface area contributed by atoms with Crippen LogP contribution in [0.25, 0.3) is 0 Å². The molecule has 0 aliphatic rings. The molecule has 2 aromatic heterocycles. The lowest BCUT2D eigenvalue weighted by Gasteiger charge is -2.08. The van der Waals surface area contributed by atoms with E-state index in [9.17, 15) is 18.0 Å². The highest BCUT2D eigenvalue weighted by Gasteiger charge is 2.22. The average Bonchev–Trinajstić information content (AvgIpc) is 2.75. The van der Waals surface area contributed by atoms with Crippen molar-refractivity contribution in [1.29, 1.82) is 0 Å². The van der Waals surface area contributed by atoms with E-state index in [1.54, 1.807) is 6.92 Å². The molecule has 2 rings (SSSR count). The van der Waals surface area contributed by atoms with Crippen molar-refractivity contribution in [3.05, 3.63) is 38.8 Å². The predicted octanol–water partition coefficient (Wildman–Crippen LogP) is -1.08. The van der Waals surface area contributed by atoms with Gasteiger partial charge in [0.05, 0.1) is 0 Å². The third-order valence-corrected chi connectivity index (χ3v) is 3.99. The Bertz CT molecular complexity index is 874. The number of nitrogens with one attached hydrogen (secondary N) is 2. The third-order valence-electron chi connectivity index (χ3n) is 2.65. The van der Waals surface area contributed by atoms with Gasteiger partial charge in [0.2, 0.25) is 0 Å². The van der Waals surface area contributed by atoms with Crippen molar-refractivity contribution in [2.24, 2.45) is 14.1 Å². The summed E-state index contributed by atoms with van der Waals surface area (Å²) in [7, 11) is -1.55. The summed E-state index contributed by atoms with van der Waals surface area (Å²) in [5.41, 5.74) is -0.839. The maximum absolute atomic E-state index is 12.2. The highest BCUT2D eigenvalue weighted by atomic mass is 32.2. The van der Waals surface area contributed by atoms with Gasteiger partial charge in [-0.2, -0.15) is 5.10 Å². The van der Waals surface area contributed by atoms with Crippen LogP contribution in [0, 0.1) is 6.92 Å². The van der Waals surface area contributed by atoms with Gasteiger partial charge < -0.3 is 4.57 Å². The second kappa shape index (κ2) is 4.63. The lowest BCUT2D eigenvalue weighted by molar-refractivity contribution is 0.589. The minimum absolute atomic E-state index is 0.0680. The van der Waals surface area contributed by atoms with Crippen molar-refractivity contribution in [2.45, 2.75) is 11.8 Å². The summed E-state index contributed by atoms with van der Waals surface area (Å²) in [6, 6.07) is 1.48. The van der Waals surface area contributed by atoms with Crippen molar-refractivity contribution < 1.29 is 8.42 Å². The van der Waals surface area contributed by atoms with Gasteiger partial charge in [-0.1, -0.05) is 0 Å². The number of hydrogen-bond donors (Lipinski definition) is 2. The topological polar surface area (TPSA) is 119 Å². The van der Waals surface area contributed by atoms with Gasteiger partial charge in [-0.25, -0.2) is 13.2 Å². The van der Waals surface area contributed by atoms with Crippen LogP contribution in [0.15, 0.2) is 26.7 Å². The molecule has 2 N–H and O–H groups in total. The smallest absolute Gasteiger partial charge is 0.302 e. The van der Waals surface area contributed by atoms with E-state index in [-0.39, 0.29) is 5.82 Å². The highest BCUT2D eigenvalue weighted by molar-refractivity contribution is 7.92. The van der Waals surface area contributed by atoms with E-state index in [1.807, 2.05) is 0 Å². The van der Waals surface area contributed by atoms with Gasteiger partial charge in [0.25, 0.3) is 15.6 Å². The number of nitrogens with zero attached hydrogens (tertiary/aromatic N) is 3. The summed E-state index contributed by atoms with van der Waals surface area (Å²) in [5.74, 6) is 0.0680. The summed E-state index contributed by atoms with van der Waals surface area (Å²) < 4.78 is 28.2. The molecule has 0 fully saturated rings. The zero-order chi connectivity index (χ0) is 15.1. The van der Waals surface area contributed by atoms with Crippen molar-refractivity contribution in [2.75, 3.05) is 4.72 Å². The van der Waals surface area contributed by atoms with Crippen LogP contribution in [0.2, 0.25) is 0 Å². The molecule has 0 radical (unpaired) electrons. The van der Waals surface area contributed by atoms with E-state index >= 15 is 0 Å². The molecule has 0 saturated carbocycles. The molecule has 0 unspecified atom stereocenters. The van der Waals surface area contributed by atoms with Crippen LogP contribution >= 0.6 is 0 Å². The van der Waals surface area contributed by atoms with E-state index in [4.69, 9.17) is 0 Å². The van der Waals surface area contributed by atoms with Crippen LogP contribution in [0.1, 0.15) is 5.69 Å². The summed E-state index contributed by atoms with van der Waals surface area (Å²) in [6.07, 6.45) is 0.979. The molecule has 10 heteroatoms. The standard InChI is InChI=1S/C10H13N5O4S/c1-6-4-8(12-11-6)13-20(18,19)7-5-14(2)10(17)15(3)9(7)16/h4-5H,1-3H3,(H2,11,12,13). The molecule has 0 amide bonds. The second-order valence-electron chi connectivity index (χ2n) is 4.29. The van der Waals surface area contributed by atoms with Gasteiger partial charge in [-0.05, 0) is 6.92 Å².